The van der Waals surface area contributed by atoms with Crippen molar-refractivity contribution < 1.29 is 23.1 Å². The number of rotatable bonds is 6. The summed E-state index contributed by atoms with van der Waals surface area (Å²) in [5, 5.41) is 3.11. The largest absolute Gasteiger partial charge is 0.415 e. The zero-order valence-electron chi connectivity index (χ0n) is 17.8. The molecule has 0 radical (unpaired) electrons. The first-order valence-corrected chi connectivity index (χ1v) is 10.6. The summed E-state index contributed by atoms with van der Waals surface area (Å²) in [6.07, 6.45) is 1.83. The van der Waals surface area contributed by atoms with Crippen LogP contribution in [-0.2, 0) is 0 Å². The minimum Gasteiger partial charge on any atom is -0.410 e. The molecule has 2 aromatic rings. The van der Waals surface area contributed by atoms with Gasteiger partial charge in [0.15, 0.2) is 0 Å². The quantitative estimate of drug-likeness (QED) is 0.700. The van der Waals surface area contributed by atoms with Gasteiger partial charge in [0.1, 0.15) is 17.4 Å². The molecule has 5 nitrogen and oxygen atoms in total. The van der Waals surface area contributed by atoms with E-state index in [9.17, 15) is 18.4 Å². The summed E-state index contributed by atoms with van der Waals surface area (Å²) >= 11 is 0. The molecule has 166 valence electrons. The van der Waals surface area contributed by atoms with Crippen molar-refractivity contribution in [1.82, 2.24) is 10.2 Å². The third kappa shape index (κ3) is 6.51. The number of benzene rings is 2. The molecule has 1 fully saturated rings. The van der Waals surface area contributed by atoms with Crippen molar-refractivity contribution >= 4 is 12.0 Å². The fraction of sp³-hybridized carbons (Fsp3) is 0.417. The summed E-state index contributed by atoms with van der Waals surface area (Å²) in [5.41, 5.74) is 0.426. The number of nitrogens with one attached hydrogen (secondary N) is 1. The molecule has 1 atom stereocenters. The van der Waals surface area contributed by atoms with Crippen LogP contribution < -0.4 is 10.1 Å². The molecule has 0 aromatic heterocycles. The monoisotopic (exact) mass is 430 g/mol. The molecule has 1 saturated heterocycles. The lowest BCUT2D eigenvalue weighted by Gasteiger charge is -2.36. The third-order valence-electron chi connectivity index (χ3n) is 5.53. The highest BCUT2D eigenvalue weighted by Gasteiger charge is 2.30. The van der Waals surface area contributed by atoms with Gasteiger partial charge in [-0.25, -0.2) is 13.6 Å². The highest BCUT2D eigenvalue weighted by molar-refractivity contribution is 5.94. The van der Waals surface area contributed by atoms with Crippen molar-refractivity contribution in [1.29, 1.82) is 0 Å². The highest BCUT2D eigenvalue weighted by atomic mass is 19.1. The van der Waals surface area contributed by atoms with Crippen molar-refractivity contribution in [2.24, 2.45) is 11.8 Å². The van der Waals surface area contributed by atoms with Crippen LogP contribution in [0.15, 0.2) is 48.5 Å². The van der Waals surface area contributed by atoms with E-state index < -0.39 is 6.09 Å². The Morgan fingerprint density at radius 1 is 1.00 bits per heavy atom. The van der Waals surface area contributed by atoms with Gasteiger partial charge in [0, 0.05) is 24.7 Å². The summed E-state index contributed by atoms with van der Waals surface area (Å²) < 4.78 is 31.5. The summed E-state index contributed by atoms with van der Waals surface area (Å²) in [7, 11) is 0. The Hall–Kier alpha value is -2.96. The van der Waals surface area contributed by atoms with Gasteiger partial charge in [-0.3, -0.25) is 4.79 Å². The van der Waals surface area contributed by atoms with Crippen molar-refractivity contribution in [3.05, 3.63) is 65.7 Å². The Bertz CT molecular complexity index is 877. The lowest BCUT2D eigenvalue weighted by atomic mass is 9.85. The maximum absolute atomic E-state index is 13.1. The van der Waals surface area contributed by atoms with Gasteiger partial charge in [0.2, 0.25) is 0 Å². The second-order valence-corrected chi connectivity index (χ2v) is 8.36. The van der Waals surface area contributed by atoms with E-state index in [2.05, 4.69) is 19.2 Å². The number of carbonyl (C=O) groups excluding carboxylic acids is 2. The molecule has 31 heavy (non-hydrogen) atoms. The number of nitrogens with zero attached hydrogens (tertiary/aromatic N) is 1. The molecular formula is C24H28F2N2O3. The number of piperidine rings is 1. The van der Waals surface area contributed by atoms with Gasteiger partial charge in [0.05, 0.1) is 0 Å². The smallest absolute Gasteiger partial charge is 0.410 e. The third-order valence-corrected chi connectivity index (χ3v) is 5.53. The van der Waals surface area contributed by atoms with E-state index in [1.54, 1.807) is 4.90 Å². The highest BCUT2D eigenvalue weighted by Crippen LogP contribution is 2.26. The lowest BCUT2D eigenvalue weighted by Crippen LogP contribution is -2.47. The fourth-order valence-corrected chi connectivity index (χ4v) is 3.88. The molecule has 3 rings (SSSR count). The maximum Gasteiger partial charge on any atom is 0.415 e. The molecule has 1 N–H and O–H groups in total. The van der Waals surface area contributed by atoms with E-state index >= 15 is 0 Å². The molecule has 0 saturated carbocycles. The predicted molar refractivity (Wildman–Crippen MR) is 114 cm³/mol. The molecular weight excluding hydrogens is 402 g/mol. The van der Waals surface area contributed by atoms with Crippen molar-refractivity contribution in [3.8, 4) is 5.75 Å². The minimum absolute atomic E-state index is 0.0344. The Balaban J connectivity index is 1.57. The van der Waals surface area contributed by atoms with Crippen LogP contribution in [0.5, 0.6) is 5.75 Å². The van der Waals surface area contributed by atoms with Gasteiger partial charge in [-0.15, -0.1) is 0 Å². The number of likely N-dealkylation sites (tertiary alicyclic amines) is 1. The SMILES string of the molecule is CC(C)CC(NC(=O)c1ccc(F)cc1)C1CCN(C(=O)Oc2ccc(F)cc2)CC1. The van der Waals surface area contributed by atoms with Crippen LogP contribution >= 0.6 is 0 Å². The molecule has 1 heterocycles. The lowest BCUT2D eigenvalue weighted by molar-refractivity contribution is 0.0871. The van der Waals surface area contributed by atoms with Gasteiger partial charge in [-0.2, -0.15) is 0 Å². The predicted octanol–water partition coefficient (Wildman–Crippen LogP) is 5.02. The van der Waals surface area contributed by atoms with E-state index in [0.717, 1.165) is 19.3 Å². The van der Waals surface area contributed by atoms with Gasteiger partial charge in [-0.1, -0.05) is 13.8 Å². The fourth-order valence-electron chi connectivity index (χ4n) is 3.88. The van der Waals surface area contributed by atoms with Gasteiger partial charge in [0.25, 0.3) is 5.91 Å². The topological polar surface area (TPSA) is 58.6 Å². The first-order chi connectivity index (χ1) is 14.8. The van der Waals surface area contributed by atoms with Crippen molar-refractivity contribution in [3.63, 3.8) is 0 Å². The standard InChI is InChI=1S/C24H28F2N2O3/c1-16(2)15-22(27-23(29)18-3-5-19(25)6-4-18)17-11-13-28(14-12-17)24(30)31-21-9-7-20(26)8-10-21/h3-10,16-17,22H,11-15H2,1-2H3,(H,27,29). The Kier molecular flexibility index (Phi) is 7.60. The zero-order valence-corrected chi connectivity index (χ0v) is 17.8. The van der Waals surface area contributed by atoms with Gasteiger partial charge >= 0.3 is 6.09 Å². The zero-order chi connectivity index (χ0) is 22.4. The Labute approximate surface area is 181 Å². The number of hydrogen-bond acceptors (Lipinski definition) is 3. The minimum atomic E-state index is -0.458. The summed E-state index contributed by atoms with van der Waals surface area (Å²) in [5.74, 6) is -0.0714. The molecule has 0 bridgehead atoms. The molecule has 1 aliphatic heterocycles. The van der Waals surface area contributed by atoms with Crippen molar-refractivity contribution in [2.75, 3.05) is 13.1 Å². The molecule has 7 heteroatoms. The van der Waals surface area contributed by atoms with E-state index in [-0.39, 0.29) is 29.5 Å². The maximum atomic E-state index is 13.1. The van der Waals surface area contributed by atoms with Crippen molar-refractivity contribution in [2.45, 2.75) is 39.2 Å². The molecule has 0 aliphatic carbocycles. The summed E-state index contributed by atoms with van der Waals surface area (Å²) in [6, 6.07) is 10.8. The Morgan fingerprint density at radius 2 is 1.55 bits per heavy atom. The van der Waals surface area contributed by atoms with Crippen LogP contribution in [0.2, 0.25) is 0 Å². The molecule has 1 unspecified atom stereocenters. The molecule has 2 amide bonds. The van der Waals surface area contributed by atoms with Crippen LogP contribution in [0.4, 0.5) is 13.6 Å². The van der Waals surface area contributed by atoms with Gasteiger partial charge in [-0.05, 0) is 79.6 Å². The van der Waals surface area contributed by atoms with E-state index in [1.807, 2.05) is 0 Å². The number of hydrogen-bond donors (Lipinski definition) is 1. The van der Waals surface area contributed by atoms with E-state index in [1.165, 1.54) is 48.5 Å². The molecule has 0 spiro atoms. The number of ether oxygens (including phenoxy) is 1. The molecule has 2 aromatic carbocycles. The average molecular weight is 430 g/mol. The normalized spacial score (nSPS) is 15.6. The van der Waals surface area contributed by atoms with Crippen LogP contribution in [0.25, 0.3) is 0 Å². The van der Waals surface area contributed by atoms with Crippen LogP contribution in [0.1, 0.15) is 43.5 Å². The summed E-state index contributed by atoms with van der Waals surface area (Å²) in [4.78, 5) is 26.7. The molecule has 1 aliphatic rings. The Morgan fingerprint density at radius 3 is 2.10 bits per heavy atom. The summed E-state index contributed by atoms with van der Waals surface area (Å²) in [6.45, 7) is 5.25. The van der Waals surface area contributed by atoms with E-state index in [4.69, 9.17) is 4.74 Å². The van der Waals surface area contributed by atoms with E-state index in [0.29, 0.717) is 30.3 Å². The van der Waals surface area contributed by atoms with Gasteiger partial charge < -0.3 is 15.0 Å². The first-order valence-electron chi connectivity index (χ1n) is 10.6. The van der Waals surface area contributed by atoms with Crippen LogP contribution in [0, 0.1) is 23.5 Å². The second kappa shape index (κ2) is 10.4. The van der Waals surface area contributed by atoms with Crippen LogP contribution in [0.3, 0.4) is 0 Å². The first kappa shape index (κ1) is 22.7. The number of carbonyl (C=O) groups is 2. The second-order valence-electron chi connectivity index (χ2n) is 8.36. The number of amides is 2. The average Bonchev–Trinajstić information content (AvgIpc) is 2.75. The number of halogens is 2. The van der Waals surface area contributed by atoms with Crippen LogP contribution in [-0.4, -0.2) is 36.0 Å².